The Hall–Kier alpha value is -2.03. The van der Waals surface area contributed by atoms with Crippen LogP contribution < -0.4 is 4.90 Å². The van der Waals surface area contributed by atoms with Gasteiger partial charge in [0.15, 0.2) is 5.82 Å². The molecule has 146 valence electrons. The quantitative estimate of drug-likeness (QED) is 0.716. The highest BCUT2D eigenvalue weighted by Crippen LogP contribution is 2.19. The zero-order valence-electron chi connectivity index (χ0n) is 16.0. The maximum Gasteiger partial charge on any atom is 0.213 e. The Morgan fingerprint density at radius 2 is 1.74 bits per heavy atom. The average Bonchev–Trinajstić information content (AvgIpc) is 2.69. The van der Waals surface area contributed by atoms with Crippen LogP contribution in [-0.2, 0) is 10.0 Å². The molecular weight excluding hydrogens is 362 g/mol. The van der Waals surface area contributed by atoms with Gasteiger partial charge in [-0.1, -0.05) is 30.3 Å². The summed E-state index contributed by atoms with van der Waals surface area (Å²) >= 11 is 0. The lowest BCUT2D eigenvalue weighted by Gasteiger charge is -2.35. The first-order valence-electron chi connectivity index (χ1n) is 9.22. The fourth-order valence-corrected chi connectivity index (χ4v) is 3.96. The van der Waals surface area contributed by atoms with Crippen LogP contribution in [0, 0.1) is 0 Å². The molecule has 0 N–H and O–H groups in total. The van der Waals surface area contributed by atoms with Crippen molar-refractivity contribution in [3.05, 3.63) is 42.6 Å². The standard InChI is InChI=1S/C19H27N5O2S/c1-22(2)27(25,26)16-6-11-23-12-14-24(15-13-23)18-9-10-20-19(21-18)17-7-4-3-5-8-17/h3-5,7-10H,6,11-16H2,1-2H3. The van der Waals surface area contributed by atoms with Gasteiger partial charge in [0.25, 0.3) is 0 Å². The first-order chi connectivity index (χ1) is 13.0. The Bertz CT molecular complexity index is 834. The monoisotopic (exact) mass is 389 g/mol. The third-order valence-corrected chi connectivity index (χ3v) is 6.72. The number of benzene rings is 1. The van der Waals surface area contributed by atoms with Gasteiger partial charge in [-0.25, -0.2) is 22.7 Å². The summed E-state index contributed by atoms with van der Waals surface area (Å²) < 4.78 is 25.0. The molecule has 0 atom stereocenters. The van der Waals surface area contributed by atoms with E-state index >= 15 is 0 Å². The summed E-state index contributed by atoms with van der Waals surface area (Å²) in [5.74, 6) is 1.88. The molecule has 0 amide bonds. The molecule has 1 aromatic carbocycles. The minimum Gasteiger partial charge on any atom is -0.354 e. The van der Waals surface area contributed by atoms with E-state index in [0.717, 1.165) is 49.9 Å². The van der Waals surface area contributed by atoms with Crippen LogP contribution in [-0.4, -0.2) is 80.2 Å². The largest absolute Gasteiger partial charge is 0.354 e. The fraction of sp³-hybridized carbons (Fsp3) is 0.474. The van der Waals surface area contributed by atoms with Gasteiger partial charge < -0.3 is 4.90 Å². The first-order valence-corrected chi connectivity index (χ1v) is 10.8. The molecule has 1 saturated heterocycles. The van der Waals surface area contributed by atoms with Crippen molar-refractivity contribution in [3.8, 4) is 11.4 Å². The van der Waals surface area contributed by atoms with E-state index in [1.807, 2.05) is 42.6 Å². The van der Waals surface area contributed by atoms with E-state index in [1.54, 1.807) is 14.1 Å². The highest BCUT2D eigenvalue weighted by molar-refractivity contribution is 7.89. The van der Waals surface area contributed by atoms with Crippen LogP contribution in [0.5, 0.6) is 0 Å². The molecule has 0 bridgehead atoms. The van der Waals surface area contributed by atoms with Crippen LogP contribution in [0.4, 0.5) is 5.82 Å². The molecule has 2 heterocycles. The third-order valence-electron chi connectivity index (χ3n) is 4.80. The second kappa shape index (κ2) is 8.77. The van der Waals surface area contributed by atoms with Crippen LogP contribution in [0.3, 0.4) is 0 Å². The topological polar surface area (TPSA) is 69.6 Å². The molecule has 1 aliphatic rings. The van der Waals surface area contributed by atoms with Crippen molar-refractivity contribution < 1.29 is 8.42 Å². The van der Waals surface area contributed by atoms with E-state index in [4.69, 9.17) is 4.98 Å². The number of piperazine rings is 1. The number of sulfonamides is 1. The maximum absolute atomic E-state index is 11.8. The Labute approximate surface area is 161 Å². The summed E-state index contributed by atoms with van der Waals surface area (Å²) in [6.45, 7) is 4.39. The van der Waals surface area contributed by atoms with E-state index in [-0.39, 0.29) is 5.75 Å². The molecule has 0 saturated carbocycles. The van der Waals surface area contributed by atoms with Gasteiger partial charge in [-0.15, -0.1) is 0 Å². The lowest BCUT2D eigenvalue weighted by Crippen LogP contribution is -2.47. The molecule has 0 aliphatic carbocycles. The number of anilines is 1. The summed E-state index contributed by atoms with van der Waals surface area (Å²) in [5, 5.41) is 0. The van der Waals surface area contributed by atoms with E-state index in [2.05, 4.69) is 14.8 Å². The van der Waals surface area contributed by atoms with Gasteiger partial charge in [0, 0.05) is 52.0 Å². The normalized spacial score (nSPS) is 16.0. The molecule has 3 rings (SSSR count). The van der Waals surface area contributed by atoms with E-state index in [9.17, 15) is 8.42 Å². The van der Waals surface area contributed by atoms with Gasteiger partial charge in [0.1, 0.15) is 5.82 Å². The number of hydrogen-bond donors (Lipinski definition) is 0. The van der Waals surface area contributed by atoms with Crippen molar-refractivity contribution in [2.24, 2.45) is 0 Å². The predicted octanol–water partition coefficient (Wildman–Crippen LogP) is 1.55. The molecule has 1 aliphatic heterocycles. The minimum absolute atomic E-state index is 0.201. The molecule has 7 nitrogen and oxygen atoms in total. The van der Waals surface area contributed by atoms with Crippen LogP contribution in [0.1, 0.15) is 6.42 Å². The molecule has 1 fully saturated rings. The number of rotatable bonds is 7. The molecule has 8 heteroatoms. The zero-order valence-corrected chi connectivity index (χ0v) is 16.8. The van der Waals surface area contributed by atoms with Crippen molar-refractivity contribution >= 4 is 15.8 Å². The van der Waals surface area contributed by atoms with Crippen molar-refractivity contribution in [3.63, 3.8) is 0 Å². The summed E-state index contributed by atoms with van der Waals surface area (Å²) in [5.41, 5.74) is 1.01. The van der Waals surface area contributed by atoms with Gasteiger partial charge in [-0.2, -0.15) is 0 Å². The predicted molar refractivity (Wildman–Crippen MR) is 108 cm³/mol. The minimum atomic E-state index is -3.10. The number of nitrogens with zero attached hydrogens (tertiary/aromatic N) is 5. The van der Waals surface area contributed by atoms with Crippen LogP contribution in [0.15, 0.2) is 42.6 Å². The van der Waals surface area contributed by atoms with Gasteiger partial charge in [-0.05, 0) is 19.0 Å². The first kappa shape index (κ1) is 19.7. The van der Waals surface area contributed by atoms with E-state index < -0.39 is 10.0 Å². The fourth-order valence-electron chi connectivity index (χ4n) is 3.11. The maximum atomic E-state index is 11.8. The lowest BCUT2D eigenvalue weighted by molar-refractivity contribution is 0.258. The van der Waals surface area contributed by atoms with Crippen molar-refractivity contribution in [1.29, 1.82) is 0 Å². The Morgan fingerprint density at radius 3 is 2.41 bits per heavy atom. The summed E-state index contributed by atoms with van der Waals surface area (Å²) in [6.07, 6.45) is 2.47. The molecule has 0 unspecified atom stereocenters. The van der Waals surface area contributed by atoms with Crippen molar-refractivity contribution in [1.82, 2.24) is 19.2 Å². The van der Waals surface area contributed by atoms with Gasteiger partial charge in [-0.3, -0.25) is 4.90 Å². The lowest BCUT2D eigenvalue weighted by atomic mass is 10.2. The van der Waals surface area contributed by atoms with Gasteiger partial charge in [0.05, 0.1) is 5.75 Å². The Kier molecular flexibility index (Phi) is 6.41. The highest BCUT2D eigenvalue weighted by Gasteiger charge is 2.20. The SMILES string of the molecule is CN(C)S(=O)(=O)CCCN1CCN(c2ccnc(-c3ccccc3)n2)CC1. The highest BCUT2D eigenvalue weighted by atomic mass is 32.2. The third kappa shape index (κ3) is 5.24. The van der Waals surface area contributed by atoms with Crippen molar-refractivity contribution in [2.45, 2.75) is 6.42 Å². The Balaban J connectivity index is 1.52. The Morgan fingerprint density at radius 1 is 1.04 bits per heavy atom. The van der Waals surface area contributed by atoms with Crippen LogP contribution >= 0.6 is 0 Å². The molecule has 1 aromatic heterocycles. The molecule has 0 radical (unpaired) electrons. The van der Waals surface area contributed by atoms with E-state index in [1.165, 1.54) is 4.31 Å². The van der Waals surface area contributed by atoms with Crippen molar-refractivity contribution in [2.75, 3.05) is 57.5 Å². The second-order valence-electron chi connectivity index (χ2n) is 6.89. The molecular formula is C19H27N5O2S. The van der Waals surface area contributed by atoms with Crippen LogP contribution in [0.2, 0.25) is 0 Å². The molecule has 27 heavy (non-hydrogen) atoms. The summed E-state index contributed by atoms with van der Waals surface area (Å²) in [4.78, 5) is 13.7. The smallest absolute Gasteiger partial charge is 0.213 e. The summed E-state index contributed by atoms with van der Waals surface area (Å²) in [7, 11) is 0.0611. The molecule has 0 spiro atoms. The van der Waals surface area contributed by atoms with Gasteiger partial charge >= 0.3 is 0 Å². The van der Waals surface area contributed by atoms with Gasteiger partial charge in [0.2, 0.25) is 10.0 Å². The molecule has 2 aromatic rings. The van der Waals surface area contributed by atoms with E-state index in [0.29, 0.717) is 6.42 Å². The number of aromatic nitrogens is 2. The average molecular weight is 390 g/mol. The number of hydrogen-bond acceptors (Lipinski definition) is 6. The zero-order chi connectivity index (χ0) is 19.3. The van der Waals surface area contributed by atoms with Crippen LogP contribution in [0.25, 0.3) is 11.4 Å². The summed E-state index contributed by atoms with van der Waals surface area (Å²) in [6, 6.07) is 11.9. The second-order valence-corrected chi connectivity index (χ2v) is 9.19.